The van der Waals surface area contributed by atoms with Crippen molar-refractivity contribution in [2.24, 2.45) is 0 Å². The Morgan fingerprint density at radius 3 is 2.82 bits per heavy atom. The highest BCUT2D eigenvalue weighted by atomic mass is 32.1. The van der Waals surface area contributed by atoms with E-state index in [0.29, 0.717) is 0 Å². The lowest BCUT2D eigenvalue weighted by molar-refractivity contribution is 1.12. The second-order valence-electron chi connectivity index (χ2n) is 6.70. The molecule has 0 unspecified atom stereocenters. The first-order valence-corrected chi connectivity index (χ1v) is 9.64. The van der Waals surface area contributed by atoms with Crippen LogP contribution < -0.4 is 5.73 Å². The number of hydrogen-bond donors (Lipinski definition) is 3. The highest BCUT2D eigenvalue weighted by Crippen LogP contribution is 2.40. The lowest BCUT2D eigenvalue weighted by atomic mass is 10.0. The van der Waals surface area contributed by atoms with Crippen molar-refractivity contribution in [1.29, 1.82) is 0 Å². The third kappa shape index (κ3) is 2.23. The van der Waals surface area contributed by atoms with Crippen LogP contribution in [0.15, 0.2) is 61.1 Å². The fraction of sp³-hybridized carbons (Fsp3) is 0. The minimum atomic E-state index is 0.266. The molecule has 0 amide bonds. The van der Waals surface area contributed by atoms with Crippen molar-refractivity contribution in [2.75, 3.05) is 5.73 Å². The van der Waals surface area contributed by atoms with Crippen molar-refractivity contribution in [1.82, 2.24) is 25.1 Å². The molecule has 0 spiro atoms. The summed E-state index contributed by atoms with van der Waals surface area (Å²) in [4.78, 5) is 12.9. The standard InChI is InChI=1S/C21H14N6S/c22-21-24-10-16-20(26-21)15(9-23-16)12-5-13-8-25-27-19(13)14(6-12)18-7-11-3-1-2-4-17(11)28-18/h1-10,23H,(H,25,27)(H2,22,24,26). The van der Waals surface area contributed by atoms with Gasteiger partial charge in [-0.3, -0.25) is 5.10 Å². The molecule has 6 nitrogen and oxygen atoms in total. The molecule has 4 aromatic heterocycles. The van der Waals surface area contributed by atoms with E-state index in [1.165, 1.54) is 15.0 Å². The monoisotopic (exact) mass is 382 g/mol. The lowest BCUT2D eigenvalue weighted by Gasteiger charge is -2.06. The quantitative estimate of drug-likeness (QED) is 0.394. The zero-order valence-corrected chi connectivity index (χ0v) is 15.4. The number of nitrogens with two attached hydrogens (primary N) is 1. The molecule has 4 N–H and O–H groups in total. The number of anilines is 1. The van der Waals surface area contributed by atoms with Crippen LogP contribution in [0.3, 0.4) is 0 Å². The Balaban J connectivity index is 1.63. The van der Waals surface area contributed by atoms with Gasteiger partial charge in [0.25, 0.3) is 0 Å². The predicted molar refractivity (Wildman–Crippen MR) is 114 cm³/mol. The fourth-order valence-corrected chi connectivity index (χ4v) is 4.75. The minimum absolute atomic E-state index is 0.266. The highest BCUT2D eigenvalue weighted by Gasteiger charge is 2.15. The topological polar surface area (TPSA) is 96.3 Å². The van der Waals surface area contributed by atoms with Crippen molar-refractivity contribution in [2.45, 2.75) is 0 Å². The van der Waals surface area contributed by atoms with Gasteiger partial charge >= 0.3 is 0 Å². The number of nitrogen functional groups attached to an aromatic ring is 1. The van der Waals surface area contributed by atoms with E-state index in [1.807, 2.05) is 12.4 Å². The number of aromatic nitrogens is 5. The van der Waals surface area contributed by atoms with E-state index < -0.39 is 0 Å². The van der Waals surface area contributed by atoms with E-state index in [1.54, 1.807) is 17.5 Å². The molecule has 0 atom stereocenters. The molecule has 0 saturated heterocycles. The molecular formula is C21H14N6S. The first-order chi connectivity index (χ1) is 13.8. The summed E-state index contributed by atoms with van der Waals surface area (Å²) < 4.78 is 1.27. The van der Waals surface area contributed by atoms with Gasteiger partial charge < -0.3 is 10.7 Å². The predicted octanol–water partition coefficient (Wildman–Crippen LogP) is 4.97. The maximum Gasteiger partial charge on any atom is 0.220 e. The van der Waals surface area contributed by atoms with Crippen molar-refractivity contribution in [3.8, 4) is 21.6 Å². The first-order valence-electron chi connectivity index (χ1n) is 8.82. The van der Waals surface area contributed by atoms with Crippen LogP contribution in [0, 0.1) is 0 Å². The molecule has 6 rings (SSSR count). The number of fused-ring (bicyclic) bond motifs is 3. The molecule has 28 heavy (non-hydrogen) atoms. The van der Waals surface area contributed by atoms with Gasteiger partial charge in [0.15, 0.2) is 0 Å². The van der Waals surface area contributed by atoms with Crippen molar-refractivity contribution in [3.05, 3.63) is 61.1 Å². The minimum Gasteiger partial charge on any atom is -0.368 e. The van der Waals surface area contributed by atoms with Crippen molar-refractivity contribution in [3.63, 3.8) is 0 Å². The van der Waals surface area contributed by atoms with Gasteiger partial charge in [-0.25, -0.2) is 9.97 Å². The highest BCUT2D eigenvalue weighted by molar-refractivity contribution is 7.22. The van der Waals surface area contributed by atoms with E-state index in [4.69, 9.17) is 5.73 Å². The first kappa shape index (κ1) is 15.4. The summed E-state index contributed by atoms with van der Waals surface area (Å²) in [5.74, 6) is 0.266. The van der Waals surface area contributed by atoms with Gasteiger partial charge in [-0.1, -0.05) is 18.2 Å². The molecule has 0 bridgehead atoms. The van der Waals surface area contributed by atoms with Crippen molar-refractivity contribution >= 4 is 49.3 Å². The number of rotatable bonds is 2. The molecule has 0 saturated carbocycles. The summed E-state index contributed by atoms with van der Waals surface area (Å²) in [6, 6.07) is 15.0. The number of H-pyrrole nitrogens is 2. The lowest BCUT2D eigenvalue weighted by Crippen LogP contribution is -1.93. The number of hydrogen-bond acceptors (Lipinski definition) is 5. The Bertz CT molecular complexity index is 1460. The largest absolute Gasteiger partial charge is 0.368 e. The second kappa shape index (κ2) is 5.64. The molecule has 0 fully saturated rings. The molecule has 2 aromatic carbocycles. The zero-order chi connectivity index (χ0) is 18.7. The average Bonchev–Trinajstić information content (AvgIpc) is 3.43. The van der Waals surface area contributed by atoms with E-state index in [9.17, 15) is 0 Å². The number of aromatic amines is 2. The summed E-state index contributed by atoms with van der Waals surface area (Å²) in [5, 5.41) is 9.72. The maximum atomic E-state index is 5.82. The molecule has 0 aliphatic carbocycles. The van der Waals surface area contributed by atoms with Gasteiger partial charge in [-0.05, 0) is 35.2 Å². The molecule has 6 aromatic rings. The molecular weight excluding hydrogens is 368 g/mol. The van der Waals surface area contributed by atoms with Gasteiger partial charge in [0.1, 0.15) is 5.52 Å². The second-order valence-corrected chi connectivity index (χ2v) is 7.78. The van der Waals surface area contributed by atoms with E-state index in [2.05, 4.69) is 67.6 Å². The molecule has 0 aliphatic heterocycles. The van der Waals surface area contributed by atoms with Crippen LogP contribution in [0.5, 0.6) is 0 Å². The maximum absolute atomic E-state index is 5.82. The smallest absolute Gasteiger partial charge is 0.220 e. The van der Waals surface area contributed by atoms with Crippen LogP contribution >= 0.6 is 11.3 Å². The Hall–Kier alpha value is -3.71. The van der Waals surface area contributed by atoms with Crippen LogP contribution in [0.2, 0.25) is 0 Å². The number of benzene rings is 2. The Kier molecular flexibility index (Phi) is 3.09. The number of nitrogens with one attached hydrogen (secondary N) is 2. The van der Waals surface area contributed by atoms with Crippen LogP contribution in [0.4, 0.5) is 5.95 Å². The number of thiophene rings is 1. The summed E-state index contributed by atoms with van der Waals surface area (Å²) in [7, 11) is 0. The van der Waals surface area contributed by atoms with Crippen LogP contribution in [0.25, 0.3) is 53.6 Å². The van der Waals surface area contributed by atoms with Crippen LogP contribution in [0.1, 0.15) is 0 Å². The average molecular weight is 382 g/mol. The molecule has 0 radical (unpaired) electrons. The van der Waals surface area contributed by atoms with E-state index in [0.717, 1.165) is 38.6 Å². The van der Waals surface area contributed by atoms with E-state index in [-0.39, 0.29) is 5.95 Å². The van der Waals surface area contributed by atoms with Gasteiger partial charge in [0.2, 0.25) is 5.95 Å². The van der Waals surface area contributed by atoms with Gasteiger partial charge in [0.05, 0.1) is 23.4 Å². The molecule has 7 heteroatoms. The Morgan fingerprint density at radius 1 is 0.964 bits per heavy atom. The van der Waals surface area contributed by atoms with Gasteiger partial charge in [-0.15, -0.1) is 11.3 Å². The SMILES string of the molecule is Nc1ncc2[nH]cc(-c3cc(-c4cc5ccccc5s4)c4[nH]ncc4c3)c2n1. The molecule has 134 valence electrons. The normalized spacial score (nSPS) is 11.7. The molecule has 0 aliphatic rings. The van der Waals surface area contributed by atoms with Crippen molar-refractivity contribution < 1.29 is 0 Å². The van der Waals surface area contributed by atoms with Gasteiger partial charge in [0, 0.05) is 32.3 Å². The van der Waals surface area contributed by atoms with Gasteiger partial charge in [-0.2, -0.15) is 5.10 Å². The number of nitrogens with zero attached hydrogens (tertiary/aromatic N) is 3. The summed E-state index contributed by atoms with van der Waals surface area (Å²) >= 11 is 1.78. The van der Waals surface area contributed by atoms with Crippen LogP contribution in [-0.4, -0.2) is 25.1 Å². The van der Waals surface area contributed by atoms with Crippen LogP contribution in [-0.2, 0) is 0 Å². The third-order valence-electron chi connectivity index (χ3n) is 4.99. The van der Waals surface area contributed by atoms with E-state index >= 15 is 0 Å². The Morgan fingerprint density at radius 2 is 1.89 bits per heavy atom. The third-order valence-corrected chi connectivity index (χ3v) is 6.13. The fourth-order valence-electron chi connectivity index (χ4n) is 3.67. The summed E-state index contributed by atoms with van der Waals surface area (Å²) in [6.45, 7) is 0. The Labute approximate surface area is 163 Å². The summed E-state index contributed by atoms with van der Waals surface area (Å²) in [5.41, 5.74) is 11.7. The summed E-state index contributed by atoms with van der Waals surface area (Å²) in [6.07, 6.45) is 5.52. The zero-order valence-electron chi connectivity index (χ0n) is 14.6. The molecule has 4 heterocycles.